The molecule has 4 aromatic heterocycles. The molecule has 4 heterocycles. The van der Waals surface area contributed by atoms with E-state index in [1.807, 2.05) is 11.3 Å². The van der Waals surface area contributed by atoms with Crippen LogP contribution >= 0.6 is 45.3 Å². The number of hydrogen-bond donors (Lipinski definition) is 0. The fourth-order valence-corrected chi connectivity index (χ4v) is 38.6. The van der Waals surface area contributed by atoms with Gasteiger partial charge < -0.3 is 0 Å². The van der Waals surface area contributed by atoms with Crippen molar-refractivity contribution in [3.63, 3.8) is 0 Å². The number of benzene rings is 2. The van der Waals surface area contributed by atoms with E-state index in [2.05, 4.69) is 234 Å². The second-order valence-electron chi connectivity index (χ2n) is 28.1. The van der Waals surface area contributed by atoms with E-state index in [0.717, 1.165) is 41.3 Å². The summed E-state index contributed by atoms with van der Waals surface area (Å²) in [6, 6.07) is 10.4. The van der Waals surface area contributed by atoms with Gasteiger partial charge in [0.1, 0.15) is 16.1 Å². The van der Waals surface area contributed by atoms with Crippen molar-refractivity contribution in [2.24, 2.45) is 23.7 Å². The van der Waals surface area contributed by atoms with Crippen LogP contribution in [0, 0.1) is 61.2 Å². The third-order valence-corrected chi connectivity index (χ3v) is 41.1. The molecular formula is C78H124S4Si2. The number of hydrogen-bond acceptors (Lipinski definition) is 4. The van der Waals surface area contributed by atoms with E-state index in [9.17, 15) is 0 Å². The summed E-state index contributed by atoms with van der Waals surface area (Å²) in [4.78, 5) is 2.85. The third kappa shape index (κ3) is 16.8. The second-order valence-corrected chi connectivity index (χ2v) is 45.1. The molecular weight excluding hydrogens is 1120 g/mol. The minimum Gasteiger partial charge on any atom is -0.145 e. The fourth-order valence-electron chi connectivity index (χ4n) is 16.0. The summed E-state index contributed by atoms with van der Waals surface area (Å²) in [5.74, 6) is 17.9. The number of aryl methyl sites for hydroxylation is 4. The average molecular weight is 1250 g/mol. The molecule has 0 saturated carbocycles. The molecule has 0 fully saturated rings. The number of thiophene rings is 4. The molecule has 0 bridgehead atoms. The van der Waals surface area contributed by atoms with Gasteiger partial charge in [0.25, 0.3) is 0 Å². The van der Waals surface area contributed by atoms with Gasteiger partial charge in [0, 0.05) is 41.8 Å². The van der Waals surface area contributed by atoms with Crippen LogP contribution in [0.5, 0.6) is 0 Å². The summed E-state index contributed by atoms with van der Waals surface area (Å²) in [6.45, 7) is 53.5. The lowest BCUT2D eigenvalue weighted by Crippen LogP contribution is -2.54. The van der Waals surface area contributed by atoms with Crippen molar-refractivity contribution in [2.75, 3.05) is 0 Å². The van der Waals surface area contributed by atoms with E-state index < -0.39 is 16.1 Å². The van der Waals surface area contributed by atoms with Crippen molar-refractivity contribution in [3.05, 3.63) is 56.3 Å². The highest BCUT2D eigenvalue weighted by Gasteiger charge is 2.47. The summed E-state index contributed by atoms with van der Waals surface area (Å²) >= 11 is 8.36. The molecule has 2 aromatic carbocycles. The van der Waals surface area contributed by atoms with Crippen molar-refractivity contribution in [3.8, 4) is 23.7 Å². The third-order valence-electron chi connectivity index (χ3n) is 20.7. The van der Waals surface area contributed by atoms with Crippen molar-refractivity contribution in [2.45, 2.75) is 327 Å². The highest BCUT2D eigenvalue weighted by atomic mass is 32.1. The summed E-state index contributed by atoms with van der Waals surface area (Å²) < 4.78 is 9.52. The van der Waals surface area contributed by atoms with Gasteiger partial charge in [-0.1, -0.05) is 252 Å². The summed E-state index contributed by atoms with van der Waals surface area (Å²) in [6.07, 6.45) is 28.5. The van der Waals surface area contributed by atoms with Crippen LogP contribution in [0.15, 0.2) is 24.3 Å². The fraction of sp³-hybridized carbons (Fsp3) is 0.692. The first-order chi connectivity index (χ1) is 40.1. The van der Waals surface area contributed by atoms with Crippen LogP contribution in [-0.2, 0) is 12.8 Å². The Morgan fingerprint density at radius 1 is 0.357 bits per heavy atom. The van der Waals surface area contributed by atoms with E-state index in [4.69, 9.17) is 0 Å². The SMILES string of the molecule is CCCCC(CC)CCc1c2cc([Si](C(C)C)(C(C)C)C(C)C)sc2c(CCC(CC)CCCC)c2cc(C)sc12.CCCCCCC(C#Cc1c2cc(C)sc2c(C#CC(CC)CCCC)c2cc([Si](C(C)C)(C(C)C)C(C)C)sc12)CC. The van der Waals surface area contributed by atoms with Crippen LogP contribution in [-0.4, -0.2) is 16.1 Å². The van der Waals surface area contributed by atoms with Crippen LogP contribution in [0.2, 0.25) is 33.2 Å². The Kier molecular flexibility index (Phi) is 30.0. The molecule has 6 heteroatoms. The zero-order valence-corrected chi connectivity index (χ0v) is 63.5. The molecule has 0 N–H and O–H groups in total. The maximum absolute atomic E-state index is 3.85. The number of unbranched alkanes of at least 4 members (excludes halogenated alkanes) is 6. The van der Waals surface area contributed by atoms with Gasteiger partial charge in [0.15, 0.2) is 0 Å². The Morgan fingerprint density at radius 2 is 0.702 bits per heavy atom. The number of rotatable bonds is 32. The molecule has 0 spiro atoms. The van der Waals surface area contributed by atoms with Gasteiger partial charge in [-0.15, -0.1) is 45.3 Å². The molecule has 6 aromatic rings. The standard InChI is InChI=1S/C40H60S2Si.C38H64S2Si/c1-12-16-18-19-21-33(15-4)23-24-34-36-26-31(11)41-39(36)35(25-22-32(14-3)20-17-13-2)37-27-38(42-40(34)37)43(28(5)6,29(7)8)30(9)10;1-12-16-18-30(14-3)20-22-32-34-24-29(11)39-37(34)33(23-21-31(15-4)19-17-13-2)35-25-36(40-38(32)35)41(26(5)6,27(7)8)28(9)10/h26-30,32-33H,12-21H2,1-11H3;24-28,30-31H,12-23H2,1-11H3. The van der Waals surface area contributed by atoms with E-state index in [-0.39, 0.29) is 0 Å². The van der Waals surface area contributed by atoms with Gasteiger partial charge in [0.05, 0.1) is 20.5 Å². The molecule has 4 unspecified atom stereocenters. The predicted octanol–water partition coefficient (Wildman–Crippen LogP) is 26.8. The summed E-state index contributed by atoms with van der Waals surface area (Å²) in [7, 11) is -3.53. The monoisotopic (exact) mass is 1240 g/mol. The van der Waals surface area contributed by atoms with Crippen molar-refractivity contribution in [1.82, 2.24) is 0 Å². The molecule has 0 radical (unpaired) electrons. The van der Waals surface area contributed by atoms with Gasteiger partial charge in [-0.05, 0) is 165 Å². The molecule has 468 valence electrons. The Bertz CT molecular complexity index is 2950. The zero-order chi connectivity index (χ0) is 62.1. The lowest BCUT2D eigenvalue weighted by Gasteiger charge is -2.42. The maximum atomic E-state index is 3.85. The smallest absolute Gasteiger partial charge is 0.107 e. The first kappa shape index (κ1) is 72.6. The second kappa shape index (κ2) is 34.7. The highest BCUT2D eigenvalue weighted by molar-refractivity contribution is 7.33. The first-order valence-corrected chi connectivity index (χ1v) is 42.9. The summed E-state index contributed by atoms with van der Waals surface area (Å²) in [5, 5.41) is 5.99. The molecule has 6 rings (SSSR count). The maximum Gasteiger partial charge on any atom is 0.107 e. The largest absolute Gasteiger partial charge is 0.145 e. The van der Waals surface area contributed by atoms with E-state index >= 15 is 0 Å². The minimum atomic E-state index is -1.82. The topological polar surface area (TPSA) is 0 Å². The highest BCUT2D eigenvalue weighted by Crippen LogP contribution is 2.49. The molecule has 84 heavy (non-hydrogen) atoms. The predicted molar refractivity (Wildman–Crippen MR) is 398 cm³/mol. The minimum absolute atomic E-state index is 0.470. The lowest BCUT2D eigenvalue weighted by molar-refractivity contribution is 0.422. The molecule has 0 amide bonds. The van der Waals surface area contributed by atoms with Crippen LogP contribution in [0.1, 0.15) is 299 Å². The van der Waals surface area contributed by atoms with Crippen LogP contribution in [0.25, 0.3) is 40.3 Å². The molecule has 0 aliphatic heterocycles. The Morgan fingerprint density at radius 3 is 1.12 bits per heavy atom. The average Bonchev–Trinajstić information content (AvgIpc) is 1.68. The summed E-state index contributed by atoms with van der Waals surface area (Å²) in [5.41, 5.74) is 10.3. The van der Waals surface area contributed by atoms with Gasteiger partial charge in [-0.2, -0.15) is 0 Å². The van der Waals surface area contributed by atoms with E-state index in [1.165, 1.54) is 169 Å². The van der Waals surface area contributed by atoms with Crippen LogP contribution in [0.4, 0.5) is 0 Å². The van der Waals surface area contributed by atoms with E-state index in [0.29, 0.717) is 28.5 Å². The van der Waals surface area contributed by atoms with Crippen LogP contribution in [0.3, 0.4) is 0 Å². The molecule has 0 aliphatic rings. The molecule has 0 saturated heterocycles. The lowest BCUT2D eigenvalue weighted by atomic mass is 9.88. The molecule has 0 nitrogen and oxygen atoms in total. The zero-order valence-electron chi connectivity index (χ0n) is 58.3. The Labute approximate surface area is 537 Å². The van der Waals surface area contributed by atoms with Gasteiger partial charge in [0.2, 0.25) is 0 Å². The quantitative estimate of drug-likeness (QED) is 0.0224. The normalized spacial score (nSPS) is 14.0. The van der Waals surface area contributed by atoms with Crippen molar-refractivity contribution < 1.29 is 0 Å². The van der Waals surface area contributed by atoms with Gasteiger partial charge >= 0.3 is 0 Å². The molecule has 4 atom stereocenters. The Hall–Kier alpha value is -2.17. The van der Waals surface area contributed by atoms with E-state index in [1.54, 1.807) is 40.3 Å². The van der Waals surface area contributed by atoms with Crippen molar-refractivity contribution in [1.29, 1.82) is 0 Å². The van der Waals surface area contributed by atoms with Crippen molar-refractivity contribution >= 4 is 111 Å². The Balaban J connectivity index is 0.000000308. The molecule has 0 aliphatic carbocycles. The number of fused-ring (bicyclic) bond motifs is 4. The van der Waals surface area contributed by atoms with Gasteiger partial charge in [-0.25, -0.2) is 0 Å². The first-order valence-electron chi connectivity index (χ1n) is 35.1. The van der Waals surface area contributed by atoms with Gasteiger partial charge in [-0.3, -0.25) is 0 Å². The van der Waals surface area contributed by atoms with Crippen LogP contribution < -0.4 is 9.00 Å².